The minimum absolute atomic E-state index is 0.740. The van der Waals surface area contributed by atoms with Gasteiger partial charge >= 0.3 is 0 Å². The van der Waals surface area contributed by atoms with Crippen molar-refractivity contribution in [2.45, 2.75) is 0 Å². The molecule has 0 bridgehead atoms. The highest BCUT2D eigenvalue weighted by molar-refractivity contribution is 7.26. The van der Waals surface area contributed by atoms with E-state index in [0.29, 0.717) is 0 Å². The monoisotopic (exact) mass is 588 g/mol. The second kappa shape index (κ2) is 9.43. The molecule has 0 saturated carbocycles. The molecule has 0 saturated heterocycles. The molecular weight excluding hydrogens is 565 g/mol. The normalized spacial score (nSPS) is 12.0. The minimum atomic E-state index is 0.740. The first-order valence-electron chi connectivity index (χ1n) is 15.3. The lowest BCUT2D eigenvalue weighted by Gasteiger charge is -2.14. The fraction of sp³-hybridized carbons (Fsp3) is 0. The molecule has 0 fully saturated rings. The third-order valence-corrected chi connectivity index (χ3v) is 10.4. The van der Waals surface area contributed by atoms with Crippen molar-refractivity contribution in [1.29, 1.82) is 0 Å². The van der Waals surface area contributed by atoms with Crippen LogP contribution in [0.5, 0.6) is 0 Å². The molecule has 2 heterocycles. The van der Waals surface area contributed by atoms with E-state index in [0.717, 1.165) is 38.9 Å². The maximum Gasteiger partial charge on any atom is 0.160 e. The average molecular weight is 589 g/mol. The number of benzene rings is 8. The largest absolute Gasteiger partial charge is 0.227 e. The second-order valence-electron chi connectivity index (χ2n) is 11.7. The molecule has 2 nitrogen and oxygen atoms in total. The van der Waals surface area contributed by atoms with Crippen molar-refractivity contribution in [3.63, 3.8) is 0 Å². The van der Waals surface area contributed by atoms with Gasteiger partial charge in [0.05, 0.1) is 11.2 Å². The molecule has 0 spiro atoms. The van der Waals surface area contributed by atoms with Crippen LogP contribution >= 0.6 is 11.3 Å². The third-order valence-electron chi connectivity index (χ3n) is 9.24. The van der Waals surface area contributed by atoms with Gasteiger partial charge in [0.1, 0.15) is 0 Å². The summed E-state index contributed by atoms with van der Waals surface area (Å²) in [4.78, 5) is 10.5. The van der Waals surface area contributed by atoms with Gasteiger partial charge in [0.2, 0.25) is 0 Å². The Hall–Kier alpha value is -5.64. The third kappa shape index (κ3) is 3.62. The average Bonchev–Trinajstić information content (AvgIpc) is 3.50. The van der Waals surface area contributed by atoms with Crippen molar-refractivity contribution in [1.82, 2.24) is 9.97 Å². The number of thiophene rings is 1. The van der Waals surface area contributed by atoms with E-state index in [1.165, 1.54) is 57.9 Å². The molecule has 0 amide bonds. The van der Waals surface area contributed by atoms with Gasteiger partial charge in [-0.1, -0.05) is 127 Å². The van der Waals surface area contributed by atoms with Crippen LogP contribution in [0.4, 0.5) is 0 Å². The number of nitrogens with zero attached hydrogens (tertiary/aromatic N) is 2. The van der Waals surface area contributed by atoms with Crippen molar-refractivity contribution in [3.05, 3.63) is 146 Å². The molecule has 8 aromatic carbocycles. The molecule has 0 radical (unpaired) electrons. The summed E-state index contributed by atoms with van der Waals surface area (Å²) in [5.74, 6) is 0.740. The first-order valence-corrected chi connectivity index (χ1v) is 16.1. The number of fused-ring (bicyclic) bond motifs is 13. The Morgan fingerprint density at radius 1 is 0.400 bits per heavy atom. The van der Waals surface area contributed by atoms with Crippen molar-refractivity contribution >= 4 is 85.5 Å². The molecule has 0 N–H and O–H groups in total. The summed E-state index contributed by atoms with van der Waals surface area (Å²) in [5.41, 5.74) is 4.04. The quantitative estimate of drug-likeness (QED) is 0.188. The standard InChI is InChI=1S/C42H24N2S/c1-2-11-26(12-3-1)39-35-21-18-25-10-4-5-13-28(25)40(35)44-42(43-39)27-19-20-30-33-22-23-34-31-15-8-9-17-37(31)45-41(34)38(33)32-16-7-6-14-29(32)36(30)24-27/h1-24H. The van der Waals surface area contributed by atoms with E-state index in [1.807, 2.05) is 11.3 Å². The van der Waals surface area contributed by atoms with Gasteiger partial charge in [-0.15, -0.1) is 11.3 Å². The van der Waals surface area contributed by atoms with E-state index in [9.17, 15) is 0 Å². The van der Waals surface area contributed by atoms with E-state index in [-0.39, 0.29) is 0 Å². The zero-order chi connectivity index (χ0) is 29.5. The molecule has 10 aromatic rings. The topological polar surface area (TPSA) is 25.8 Å². The van der Waals surface area contributed by atoms with Crippen molar-refractivity contribution in [3.8, 4) is 22.6 Å². The van der Waals surface area contributed by atoms with Crippen LogP contribution in [0.15, 0.2) is 146 Å². The zero-order valence-electron chi connectivity index (χ0n) is 24.2. The first kappa shape index (κ1) is 24.8. The minimum Gasteiger partial charge on any atom is -0.227 e. The molecule has 0 atom stereocenters. The number of rotatable bonds is 2. The van der Waals surface area contributed by atoms with Gasteiger partial charge in [0.15, 0.2) is 5.82 Å². The Morgan fingerprint density at radius 3 is 1.93 bits per heavy atom. The lowest BCUT2D eigenvalue weighted by Crippen LogP contribution is -1.96. The molecule has 0 aliphatic rings. The molecule has 0 aliphatic heterocycles. The van der Waals surface area contributed by atoms with Crippen LogP contribution < -0.4 is 0 Å². The van der Waals surface area contributed by atoms with Crippen molar-refractivity contribution in [2.75, 3.05) is 0 Å². The van der Waals surface area contributed by atoms with Gasteiger partial charge in [-0.2, -0.15) is 0 Å². The van der Waals surface area contributed by atoms with E-state index < -0.39 is 0 Å². The highest BCUT2D eigenvalue weighted by Gasteiger charge is 2.17. The van der Waals surface area contributed by atoms with Gasteiger partial charge in [-0.3, -0.25) is 0 Å². The summed E-state index contributed by atoms with van der Waals surface area (Å²) in [6.07, 6.45) is 0. The van der Waals surface area contributed by atoms with Crippen LogP contribution in [0.25, 0.3) is 96.8 Å². The maximum atomic E-state index is 5.26. The molecular formula is C42H24N2S. The molecule has 2 aromatic heterocycles. The maximum absolute atomic E-state index is 5.26. The fourth-order valence-electron chi connectivity index (χ4n) is 7.17. The molecule has 208 valence electrons. The van der Waals surface area contributed by atoms with Crippen LogP contribution in [0.3, 0.4) is 0 Å². The van der Waals surface area contributed by atoms with Crippen LogP contribution in [-0.2, 0) is 0 Å². The molecule has 0 unspecified atom stereocenters. The van der Waals surface area contributed by atoms with Crippen LogP contribution in [-0.4, -0.2) is 9.97 Å². The summed E-state index contributed by atoms with van der Waals surface area (Å²) >= 11 is 1.90. The first-order chi connectivity index (χ1) is 22.3. The van der Waals surface area contributed by atoms with Gasteiger partial charge < -0.3 is 0 Å². The van der Waals surface area contributed by atoms with Crippen LogP contribution in [0.1, 0.15) is 0 Å². The number of hydrogen-bond donors (Lipinski definition) is 0. The molecule has 0 aliphatic carbocycles. The van der Waals surface area contributed by atoms with Gasteiger partial charge in [-0.05, 0) is 50.5 Å². The van der Waals surface area contributed by atoms with Crippen molar-refractivity contribution < 1.29 is 0 Å². The highest BCUT2D eigenvalue weighted by Crippen LogP contribution is 2.45. The summed E-state index contributed by atoms with van der Waals surface area (Å²) in [7, 11) is 0. The fourth-order valence-corrected chi connectivity index (χ4v) is 8.43. The van der Waals surface area contributed by atoms with E-state index >= 15 is 0 Å². The van der Waals surface area contributed by atoms with Gasteiger partial charge in [0, 0.05) is 47.5 Å². The van der Waals surface area contributed by atoms with E-state index in [1.54, 1.807) is 0 Å². The smallest absolute Gasteiger partial charge is 0.160 e. The van der Waals surface area contributed by atoms with Crippen LogP contribution in [0.2, 0.25) is 0 Å². The van der Waals surface area contributed by atoms with Gasteiger partial charge in [-0.25, -0.2) is 9.97 Å². The summed E-state index contributed by atoms with van der Waals surface area (Å²) in [6.45, 7) is 0. The summed E-state index contributed by atoms with van der Waals surface area (Å²) in [6, 6.07) is 52.3. The Kier molecular flexibility index (Phi) is 5.19. The SMILES string of the molecule is c1ccc(-c2nc(-c3ccc4c(c3)c3ccccc3c3c4ccc4c5ccccc5sc43)nc3c2ccc2ccccc23)cc1. The van der Waals surface area contributed by atoms with E-state index in [4.69, 9.17) is 9.97 Å². The summed E-state index contributed by atoms with van der Waals surface area (Å²) < 4.78 is 2.68. The molecule has 10 rings (SSSR count). The van der Waals surface area contributed by atoms with Crippen molar-refractivity contribution in [2.24, 2.45) is 0 Å². The van der Waals surface area contributed by atoms with E-state index in [2.05, 4.69) is 146 Å². The molecule has 3 heteroatoms. The Morgan fingerprint density at radius 2 is 1.04 bits per heavy atom. The lowest BCUT2D eigenvalue weighted by atomic mass is 9.92. The highest BCUT2D eigenvalue weighted by atomic mass is 32.1. The zero-order valence-corrected chi connectivity index (χ0v) is 25.0. The Balaban J connectivity index is 1.29. The molecule has 45 heavy (non-hydrogen) atoms. The number of aromatic nitrogens is 2. The summed E-state index contributed by atoms with van der Waals surface area (Å²) in [5, 5.41) is 13.7. The van der Waals surface area contributed by atoms with Gasteiger partial charge in [0.25, 0.3) is 0 Å². The number of hydrogen-bond acceptors (Lipinski definition) is 3. The predicted molar refractivity (Wildman–Crippen MR) is 193 cm³/mol. The Bertz CT molecular complexity index is 2790. The second-order valence-corrected chi connectivity index (χ2v) is 12.8. The lowest BCUT2D eigenvalue weighted by molar-refractivity contribution is 1.24. The van der Waals surface area contributed by atoms with Crippen LogP contribution in [0, 0.1) is 0 Å². The predicted octanol–water partition coefficient (Wildman–Crippen LogP) is 11.9. The Labute approximate surface area is 262 Å².